The molecule has 4 aliphatic heterocycles. The van der Waals surface area contributed by atoms with Crippen LogP contribution in [0, 0.1) is 0 Å². The van der Waals surface area contributed by atoms with Gasteiger partial charge < -0.3 is 19.3 Å². The Bertz CT molecular complexity index is 2370. The molecule has 0 aliphatic carbocycles. The third kappa shape index (κ3) is 6.35. The summed E-state index contributed by atoms with van der Waals surface area (Å²) in [5.41, 5.74) is 4.41. The highest BCUT2D eigenvalue weighted by Gasteiger charge is 2.64. The van der Waals surface area contributed by atoms with E-state index in [2.05, 4.69) is 31.9 Å². The molecule has 10 rings (SSSR count). The minimum Gasteiger partial charge on any atom is -0.443 e. The maximum Gasteiger partial charge on any atom is 0.308 e. The zero-order chi connectivity index (χ0) is 40.0. The first-order valence-corrected chi connectivity index (χ1v) is 20.6. The Morgan fingerprint density at radius 1 is 0.466 bits per heavy atom. The van der Waals surface area contributed by atoms with Crippen molar-refractivity contribution < 1.29 is 28.7 Å². The Hall–Kier alpha value is -5.84. The molecule has 288 valence electrons. The number of rotatable bonds is 6. The molecule has 0 radical (unpaired) electrons. The molecule has 0 saturated carbocycles. The molecule has 4 aliphatic rings. The van der Waals surface area contributed by atoms with Crippen molar-refractivity contribution in [2.75, 3.05) is 9.80 Å². The normalized spacial score (nSPS) is 22.8. The lowest BCUT2D eigenvalue weighted by Crippen LogP contribution is -2.43. The van der Waals surface area contributed by atoms with Crippen LogP contribution < -0.4 is 9.80 Å². The lowest BCUT2D eigenvalue weighted by molar-refractivity contribution is -0.158. The number of nitrogens with zero attached hydrogens (tertiary/aromatic N) is 2. The summed E-state index contributed by atoms with van der Waals surface area (Å²) in [6.45, 7) is 0.867. The highest BCUT2D eigenvalue weighted by atomic mass is 79.9. The van der Waals surface area contributed by atoms with Crippen LogP contribution in [0.15, 0.2) is 167 Å². The van der Waals surface area contributed by atoms with E-state index in [9.17, 15) is 19.2 Å². The van der Waals surface area contributed by atoms with Gasteiger partial charge >= 0.3 is 11.9 Å². The third-order valence-electron chi connectivity index (χ3n) is 11.5. The van der Waals surface area contributed by atoms with Crippen LogP contribution in [0.5, 0.6) is 0 Å². The van der Waals surface area contributed by atoms with Gasteiger partial charge in [-0.3, -0.25) is 19.2 Å². The molecule has 2 saturated heterocycles. The predicted octanol–water partition coefficient (Wildman–Crippen LogP) is 9.84. The Morgan fingerprint density at radius 3 is 1.19 bits per heavy atom. The quantitative estimate of drug-likeness (QED) is 0.155. The van der Waals surface area contributed by atoms with Crippen molar-refractivity contribution in [1.29, 1.82) is 0 Å². The zero-order valence-corrected chi connectivity index (χ0v) is 34.3. The fraction of sp³-hybridized carbons (Fsp3) is 0.167. The summed E-state index contributed by atoms with van der Waals surface area (Å²) in [6.07, 6.45) is 0.363. The summed E-state index contributed by atoms with van der Waals surface area (Å²) in [7, 11) is 0. The Balaban J connectivity index is 0.000000150. The largest absolute Gasteiger partial charge is 0.443 e. The number of hydrogen-bond acceptors (Lipinski definition) is 6. The molecule has 6 aromatic carbocycles. The number of amides is 2. The summed E-state index contributed by atoms with van der Waals surface area (Å²) >= 11 is 6.90. The van der Waals surface area contributed by atoms with Crippen molar-refractivity contribution in [3.8, 4) is 0 Å². The van der Waals surface area contributed by atoms with Crippen molar-refractivity contribution in [1.82, 2.24) is 0 Å². The molecule has 58 heavy (non-hydrogen) atoms. The summed E-state index contributed by atoms with van der Waals surface area (Å²) in [5, 5.41) is 0. The van der Waals surface area contributed by atoms with E-state index in [0.717, 1.165) is 53.7 Å². The zero-order valence-electron chi connectivity index (χ0n) is 31.1. The molecule has 6 aromatic rings. The molecule has 2 fully saturated rings. The molecule has 2 amide bonds. The molecule has 0 bridgehead atoms. The van der Waals surface area contributed by atoms with Crippen LogP contribution in [0.25, 0.3) is 0 Å². The number of para-hydroxylation sites is 2. The second-order valence-electron chi connectivity index (χ2n) is 14.8. The van der Waals surface area contributed by atoms with Gasteiger partial charge in [-0.1, -0.05) is 153 Å². The van der Waals surface area contributed by atoms with Crippen LogP contribution >= 0.6 is 31.9 Å². The number of esters is 2. The molecular formula is C48H36Br2N2O6. The van der Waals surface area contributed by atoms with Crippen LogP contribution in [0.2, 0.25) is 0 Å². The Morgan fingerprint density at radius 2 is 0.810 bits per heavy atom. The monoisotopic (exact) mass is 894 g/mol. The smallest absolute Gasteiger partial charge is 0.308 e. The van der Waals surface area contributed by atoms with Gasteiger partial charge in [0.05, 0.1) is 37.3 Å². The van der Waals surface area contributed by atoms with Crippen molar-refractivity contribution >= 4 is 67.0 Å². The number of fused-ring (bicyclic) bond motifs is 4. The van der Waals surface area contributed by atoms with E-state index in [1.165, 1.54) is 0 Å². The minimum absolute atomic E-state index is 0.179. The first-order valence-electron chi connectivity index (χ1n) is 19.0. The van der Waals surface area contributed by atoms with E-state index in [0.29, 0.717) is 13.1 Å². The number of carbonyl (C=O) groups is 4. The van der Waals surface area contributed by atoms with E-state index in [1.807, 2.05) is 158 Å². The first-order chi connectivity index (χ1) is 28.2. The van der Waals surface area contributed by atoms with Gasteiger partial charge in [0.15, 0.2) is 0 Å². The predicted molar refractivity (Wildman–Crippen MR) is 227 cm³/mol. The van der Waals surface area contributed by atoms with Gasteiger partial charge in [0.1, 0.15) is 0 Å². The van der Waals surface area contributed by atoms with Gasteiger partial charge in [0.2, 0.25) is 11.2 Å². The van der Waals surface area contributed by atoms with E-state index in [4.69, 9.17) is 9.47 Å². The van der Waals surface area contributed by atoms with Crippen LogP contribution in [0.4, 0.5) is 11.4 Å². The van der Waals surface area contributed by atoms with Crippen LogP contribution in [0.3, 0.4) is 0 Å². The second kappa shape index (κ2) is 15.2. The molecule has 8 nitrogen and oxygen atoms in total. The van der Waals surface area contributed by atoms with E-state index in [-0.39, 0.29) is 48.4 Å². The molecule has 4 atom stereocenters. The number of carbonyl (C=O) groups excluding carboxylic acids is 4. The standard InChI is InChI=1S/2C24H18BrNO3/c2*25-18-12-10-17(11-13-18)20-14-22(27)29-24(20)19-8-4-5-9-21(19)26(23(24)28)15-16-6-2-1-3-7-16/h2*1-13,20H,14-15H2/t2*20-,24-/m11/s1. The third-order valence-corrected chi connectivity index (χ3v) is 12.6. The topological polar surface area (TPSA) is 93.2 Å². The molecule has 4 heterocycles. The van der Waals surface area contributed by atoms with E-state index in [1.54, 1.807) is 9.80 Å². The summed E-state index contributed by atoms with van der Waals surface area (Å²) in [4.78, 5) is 56.1. The SMILES string of the molecule is O=C1C[C@H](c2ccc(Br)cc2)[C@@]2(O1)C(=O)N(Cc1ccccc1)c1ccccc12.O=C1C[C@H](c2ccc(Br)cc2)[C@@]2(O1)C(=O)N(Cc1ccccc1)c1ccccc12. The maximum atomic E-state index is 13.8. The molecule has 0 unspecified atom stereocenters. The molecule has 10 heteroatoms. The number of hydrogen-bond donors (Lipinski definition) is 0. The van der Waals surface area contributed by atoms with Gasteiger partial charge in [-0.2, -0.15) is 0 Å². The van der Waals surface area contributed by atoms with E-state index < -0.39 is 11.2 Å². The van der Waals surface area contributed by atoms with Crippen LogP contribution in [-0.4, -0.2) is 23.8 Å². The van der Waals surface area contributed by atoms with Crippen LogP contribution in [0.1, 0.15) is 58.1 Å². The average molecular weight is 897 g/mol. The highest BCUT2D eigenvalue weighted by Crippen LogP contribution is 2.57. The summed E-state index contributed by atoms with van der Waals surface area (Å²) < 4.78 is 13.6. The van der Waals surface area contributed by atoms with Gasteiger partial charge in [-0.05, 0) is 58.7 Å². The average Bonchev–Trinajstić information content (AvgIpc) is 3.93. The summed E-state index contributed by atoms with van der Waals surface area (Å²) in [6, 6.07) is 50.5. The molecule has 0 aromatic heterocycles. The van der Waals surface area contributed by atoms with E-state index >= 15 is 0 Å². The van der Waals surface area contributed by atoms with Crippen molar-refractivity contribution in [3.63, 3.8) is 0 Å². The van der Waals surface area contributed by atoms with Crippen LogP contribution in [-0.2, 0) is 52.9 Å². The Kier molecular flexibility index (Phi) is 9.86. The molecule has 0 N–H and O–H groups in total. The van der Waals surface area contributed by atoms with Crippen molar-refractivity contribution in [2.45, 2.75) is 49.0 Å². The fourth-order valence-corrected chi connectivity index (χ4v) is 9.44. The lowest BCUT2D eigenvalue weighted by atomic mass is 9.78. The van der Waals surface area contributed by atoms with Gasteiger partial charge in [-0.25, -0.2) is 0 Å². The minimum atomic E-state index is -1.31. The number of benzene rings is 6. The molecule has 2 spiro atoms. The highest BCUT2D eigenvalue weighted by molar-refractivity contribution is 9.10. The number of anilines is 2. The first kappa shape index (κ1) is 37.7. The fourth-order valence-electron chi connectivity index (χ4n) is 8.91. The van der Waals surface area contributed by atoms with Gasteiger partial charge in [-0.15, -0.1) is 0 Å². The van der Waals surface area contributed by atoms with Crippen molar-refractivity contribution in [2.24, 2.45) is 0 Å². The molecular weight excluding hydrogens is 860 g/mol. The number of halogens is 2. The Labute approximate surface area is 352 Å². The second-order valence-corrected chi connectivity index (χ2v) is 16.7. The number of ether oxygens (including phenoxy) is 2. The van der Waals surface area contributed by atoms with Gasteiger partial charge in [0, 0.05) is 31.9 Å². The maximum absolute atomic E-state index is 13.8. The summed E-state index contributed by atoms with van der Waals surface area (Å²) in [5.74, 6) is -1.78. The van der Waals surface area contributed by atoms with Gasteiger partial charge in [0.25, 0.3) is 11.8 Å². The lowest BCUT2D eigenvalue weighted by Gasteiger charge is -2.29. The van der Waals surface area contributed by atoms with Crippen molar-refractivity contribution in [3.05, 3.63) is 200 Å².